The first-order chi connectivity index (χ1) is 6.02. The van der Waals surface area contributed by atoms with E-state index >= 15 is 0 Å². The zero-order valence-corrected chi connectivity index (χ0v) is 7.85. The van der Waals surface area contributed by atoms with Crippen LogP contribution in [0.2, 0.25) is 5.02 Å². The molecule has 0 radical (unpaired) electrons. The number of alkyl halides is 2. The van der Waals surface area contributed by atoms with E-state index < -0.39 is 12.5 Å². The summed E-state index contributed by atoms with van der Waals surface area (Å²) in [4.78, 5) is 0. The summed E-state index contributed by atoms with van der Waals surface area (Å²) in [5, 5.41) is 0.530. The summed E-state index contributed by atoms with van der Waals surface area (Å²) in [7, 11) is 0. The van der Waals surface area contributed by atoms with Crippen molar-refractivity contribution >= 4 is 11.6 Å². The van der Waals surface area contributed by atoms with E-state index in [4.69, 9.17) is 17.3 Å². The molecule has 72 valence electrons. The van der Waals surface area contributed by atoms with Crippen LogP contribution in [0.5, 0.6) is 0 Å². The fraction of sp³-hybridized carbons (Fsp3) is 0.333. The Morgan fingerprint density at radius 1 is 1.38 bits per heavy atom. The monoisotopic (exact) mass is 205 g/mol. The van der Waals surface area contributed by atoms with Gasteiger partial charge >= 0.3 is 0 Å². The lowest BCUT2D eigenvalue weighted by Crippen LogP contribution is -2.19. The van der Waals surface area contributed by atoms with Gasteiger partial charge in [0.15, 0.2) is 0 Å². The molecule has 0 amide bonds. The molecule has 1 aromatic carbocycles. The minimum Gasteiger partial charge on any atom is -0.319 e. The van der Waals surface area contributed by atoms with E-state index in [1.165, 1.54) is 6.07 Å². The van der Waals surface area contributed by atoms with Gasteiger partial charge in [-0.05, 0) is 30.2 Å². The van der Waals surface area contributed by atoms with Crippen molar-refractivity contribution in [3.8, 4) is 0 Å². The molecule has 1 atom stereocenters. The van der Waals surface area contributed by atoms with Gasteiger partial charge in [0.2, 0.25) is 0 Å². The van der Waals surface area contributed by atoms with Crippen molar-refractivity contribution in [2.24, 2.45) is 5.73 Å². The largest absolute Gasteiger partial charge is 0.319 e. The second kappa shape index (κ2) is 4.03. The van der Waals surface area contributed by atoms with Gasteiger partial charge in [0, 0.05) is 5.02 Å². The van der Waals surface area contributed by atoms with E-state index in [0.29, 0.717) is 16.1 Å². The number of halogens is 3. The lowest BCUT2D eigenvalue weighted by atomic mass is 10.0. The first-order valence-electron chi connectivity index (χ1n) is 3.82. The van der Waals surface area contributed by atoms with Crippen LogP contribution in [0.4, 0.5) is 8.78 Å². The number of hydrogen-bond donors (Lipinski definition) is 1. The Bertz CT molecular complexity index is 302. The highest BCUT2D eigenvalue weighted by molar-refractivity contribution is 6.30. The molecule has 1 nitrogen and oxygen atoms in total. The van der Waals surface area contributed by atoms with Crippen LogP contribution in [0, 0.1) is 6.92 Å². The Kier molecular flexibility index (Phi) is 3.22. The van der Waals surface area contributed by atoms with Gasteiger partial charge in [-0.1, -0.05) is 17.7 Å². The molecule has 0 unspecified atom stereocenters. The lowest BCUT2D eigenvalue weighted by Gasteiger charge is -2.13. The molecule has 0 bridgehead atoms. The third-order valence-electron chi connectivity index (χ3n) is 1.86. The van der Waals surface area contributed by atoms with E-state index in [2.05, 4.69) is 0 Å². The average Bonchev–Trinajstić information content (AvgIpc) is 2.03. The molecule has 0 aliphatic heterocycles. The third kappa shape index (κ3) is 2.39. The highest BCUT2D eigenvalue weighted by Gasteiger charge is 2.18. The SMILES string of the molecule is Cc1cc(Cl)ccc1[C@@H](N)C(F)F. The van der Waals surface area contributed by atoms with Crippen molar-refractivity contribution in [3.63, 3.8) is 0 Å². The molecule has 0 spiro atoms. The maximum atomic E-state index is 12.2. The summed E-state index contributed by atoms with van der Waals surface area (Å²) in [6, 6.07) is 3.50. The Balaban J connectivity index is 3.01. The molecular formula is C9H10ClF2N. The van der Waals surface area contributed by atoms with Gasteiger partial charge in [0.05, 0.1) is 6.04 Å². The number of benzene rings is 1. The van der Waals surface area contributed by atoms with Crippen molar-refractivity contribution in [2.45, 2.75) is 19.4 Å². The van der Waals surface area contributed by atoms with E-state index in [9.17, 15) is 8.78 Å². The van der Waals surface area contributed by atoms with Crippen LogP contribution in [0.1, 0.15) is 17.2 Å². The van der Waals surface area contributed by atoms with Gasteiger partial charge in [-0.25, -0.2) is 8.78 Å². The molecule has 0 fully saturated rings. The zero-order chi connectivity index (χ0) is 10.0. The van der Waals surface area contributed by atoms with Gasteiger partial charge < -0.3 is 5.73 Å². The summed E-state index contributed by atoms with van der Waals surface area (Å²) >= 11 is 5.67. The van der Waals surface area contributed by atoms with Gasteiger partial charge in [-0.2, -0.15) is 0 Å². The van der Waals surface area contributed by atoms with E-state index in [0.717, 1.165) is 0 Å². The third-order valence-corrected chi connectivity index (χ3v) is 2.10. The second-order valence-electron chi connectivity index (χ2n) is 2.86. The summed E-state index contributed by atoms with van der Waals surface area (Å²) in [6.45, 7) is 1.71. The maximum Gasteiger partial charge on any atom is 0.257 e. The van der Waals surface area contributed by atoms with Crippen LogP contribution < -0.4 is 5.73 Å². The smallest absolute Gasteiger partial charge is 0.257 e. The van der Waals surface area contributed by atoms with Crippen molar-refractivity contribution in [2.75, 3.05) is 0 Å². The molecule has 1 aromatic rings. The molecule has 0 aliphatic rings. The van der Waals surface area contributed by atoms with Crippen LogP contribution in [0.25, 0.3) is 0 Å². The molecule has 0 aromatic heterocycles. The van der Waals surface area contributed by atoms with Crippen LogP contribution >= 0.6 is 11.6 Å². The summed E-state index contributed by atoms with van der Waals surface area (Å²) in [5.74, 6) is 0. The first-order valence-corrected chi connectivity index (χ1v) is 4.20. The van der Waals surface area contributed by atoms with Crippen LogP contribution in [-0.2, 0) is 0 Å². The Morgan fingerprint density at radius 2 is 2.00 bits per heavy atom. The first kappa shape index (κ1) is 10.4. The predicted molar refractivity (Wildman–Crippen MR) is 49.1 cm³/mol. The minimum absolute atomic E-state index is 0.444. The number of nitrogens with two attached hydrogens (primary N) is 1. The molecule has 13 heavy (non-hydrogen) atoms. The fourth-order valence-corrected chi connectivity index (χ4v) is 1.38. The topological polar surface area (TPSA) is 26.0 Å². The van der Waals surface area contributed by atoms with E-state index in [1.807, 2.05) is 0 Å². The average molecular weight is 206 g/mol. The van der Waals surface area contributed by atoms with Gasteiger partial charge in [0.25, 0.3) is 6.43 Å². The molecule has 0 saturated heterocycles. The van der Waals surface area contributed by atoms with Crippen molar-refractivity contribution in [1.82, 2.24) is 0 Å². The van der Waals surface area contributed by atoms with Crippen molar-refractivity contribution in [1.29, 1.82) is 0 Å². The Hall–Kier alpha value is -0.670. The summed E-state index contributed by atoms with van der Waals surface area (Å²) in [5.41, 5.74) is 6.43. The van der Waals surface area contributed by atoms with Crippen molar-refractivity contribution in [3.05, 3.63) is 34.3 Å². The predicted octanol–water partition coefficient (Wildman–Crippen LogP) is 2.91. The maximum absolute atomic E-state index is 12.2. The Labute approximate surface area is 80.5 Å². The van der Waals surface area contributed by atoms with Gasteiger partial charge in [-0.15, -0.1) is 0 Å². The molecule has 4 heteroatoms. The van der Waals surface area contributed by atoms with Crippen LogP contribution in [0.3, 0.4) is 0 Å². The second-order valence-corrected chi connectivity index (χ2v) is 3.30. The molecule has 1 rings (SSSR count). The number of aryl methyl sites for hydroxylation is 1. The normalized spacial score (nSPS) is 13.4. The summed E-state index contributed by atoms with van der Waals surface area (Å²) < 4.78 is 24.5. The van der Waals surface area contributed by atoms with E-state index in [1.54, 1.807) is 19.1 Å². The molecule has 0 saturated carbocycles. The Morgan fingerprint density at radius 3 is 2.46 bits per heavy atom. The van der Waals surface area contributed by atoms with Gasteiger partial charge in [-0.3, -0.25) is 0 Å². The highest BCUT2D eigenvalue weighted by atomic mass is 35.5. The quantitative estimate of drug-likeness (QED) is 0.790. The number of rotatable bonds is 2. The minimum atomic E-state index is -2.54. The summed E-state index contributed by atoms with van der Waals surface area (Å²) in [6.07, 6.45) is -2.54. The molecule has 0 aliphatic carbocycles. The van der Waals surface area contributed by atoms with Crippen LogP contribution in [0.15, 0.2) is 18.2 Å². The van der Waals surface area contributed by atoms with Crippen molar-refractivity contribution < 1.29 is 8.78 Å². The fourth-order valence-electron chi connectivity index (χ4n) is 1.15. The molecular weight excluding hydrogens is 196 g/mol. The standard InChI is InChI=1S/C9H10ClF2N/c1-5-4-6(10)2-3-7(5)8(13)9(11)12/h2-4,8-9H,13H2,1H3/t8-/m1/s1. The van der Waals surface area contributed by atoms with E-state index in [-0.39, 0.29) is 0 Å². The highest BCUT2D eigenvalue weighted by Crippen LogP contribution is 2.23. The molecule has 0 heterocycles. The zero-order valence-electron chi connectivity index (χ0n) is 7.10. The van der Waals surface area contributed by atoms with Crippen LogP contribution in [-0.4, -0.2) is 6.43 Å². The number of hydrogen-bond acceptors (Lipinski definition) is 1. The molecule has 2 N–H and O–H groups in total. The lowest BCUT2D eigenvalue weighted by molar-refractivity contribution is 0.116. The van der Waals surface area contributed by atoms with Gasteiger partial charge in [0.1, 0.15) is 0 Å².